The molecule has 2 rings (SSSR count). The molecular weight excluding hydrogens is 160 g/mol. The van der Waals surface area contributed by atoms with Gasteiger partial charge in [0.05, 0.1) is 6.20 Å². The van der Waals surface area contributed by atoms with Gasteiger partial charge in [0, 0.05) is 12.7 Å². The maximum Gasteiger partial charge on any atom is 0.0518 e. The summed E-state index contributed by atoms with van der Waals surface area (Å²) >= 11 is 0. The van der Waals surface area contributed by atoms with Crippen molar-refractivity contribution in [2.45, 2.75) is 45.6 Å². The second-order valence-corrected chi connectivity index (χ2v) is 4.24. The molecule has 72 valence electrons. The molecule has 0 spiro atoms. The normalized spacial score (nSPS) is 19.2. The maximum absolute atomic E-state index is 4.33. The summed E-state index contributed by atoms with van der Waals surface area (Å²) in [5.41, 5.74) is 1.27. The van der Waals surface area contributed by atoms with Crippen LogP contribution in [0.5, 0.6) is 0 Å². The third kappa shape index (κ3) is 2.33. The minimum absolute atomic E-state index is 0.882. The Morgan fingerprint density at radius 1 is 1.38 bits per heavy atom. The van der Waals surface area contributed by atoms with Crippen molar-refractivity contribution >= 4 is 0 Å². The van der Waals surface area contributed by atoms with Crippen molar-refractivity contribution in [3.8, 4) is 0 Å². The first-order valence-corrected chi connectivity index (χ1v) is 5.33. The molecular formula is C11H18N2. The van der Waals surface area contributed by atoms with Crippen molar-refractivity contribution in [3.63, 3.8) is 0 Å². The van der Waals surface area contributed by atoms with E-state index in [0.29, 0.717) is 0 Å². The molecule has 1 aromatic heterocycles. The standard InChI is InChI=1S/C11H18N2/c1-10-7-12-13(8-10)9-11-5-3-2-4-6-11/h7-8,11H,2-6,9H2,1H3. The van der Waals surface area contributed by atoms with Crippen LogP contribution in [-0.2, 0) is 6.54 Å². The third-order valence-corrected chi connectivity index (χ3v) is 2.93. The molecule has 0 aliphatic heterocycles. The van der Waals surface area contributed by atoms with Gasteiger partial charge >= 0.3 is 0 Å². The quantitative estimate of drug-likeness (QED) is 0.681. The Bertz CT molecular complexity index is 259. The van der Waals surface area contributed by atoms with Gasteiger partial charge in [-0.15, -0.1) is 0 Å². The van der Waals surface area contributed by atoms with E-state index in [-0.39, 0.29) is 0 Å². The Morgan fingerprint density at radius 2 is 2.15 bits per heavy atom. The second-order valence-electron chi connectivity index (χ2n) is 4.24. The average Bonchev–Trinajstić information content (AvgIpc) is 2.53. The number of hydrogen-bond acceptors (Lipinski definition) is 1. The molecule has 1 aliphatic rings. The fourth-order valence-corrected chi connectivity index (χ4v) is 2.20. The summed E-state index contributed by atoms with van der Waals surface area (Å²) in [6.45, 7) is 3.23. The molecule has 1 aromatic rings. The number of rotatable bonds is 2. The first kappa shape index (κ1) is 8.79. The van der Waals surface area contributed by atoms with Crippen molar-refractivity contribution in [3.05, 3.63) is 18.0 Å². The topological polar surface area (TPSA) is 17.8 Å². The molecule has 0 N–H and O–H groups in total. The van der Waals surface area contributed by atoms with Gasteiger partial charge in [-0.25, -0.2) is 0 Å². The largest absolute Gasteiger partial charge is 0.272 e. The molecule has 0 saturated heterocycles. The maximum atomic E-state index is 4.33. The van der Waals surface area contributed by atoms with E-state index >= 15 is 0 Å². The van der Waals surface area contributed by atoms with Crippen LogP contribution in [0, 0.1) is 12.8 Å². The van der Waals surface area contributed by atoms with Gasteiger partial charge in [-0.2, -0.15) is 5.10 Å². The van der Waals surface area contributed by atoms with Crippen LogP contribution in [0.25, 0.3) is 0 Å². The molecule has 1 fully saturated rings. The second kappa shape index (κ2) is 3.95. The highest BCUT2D eigenvalue weighted by atomic mass is 15.3. The van der Waals surface area contributed by atoms with Crippen LogP contribution in [0.15, 0.2) is 12.4 Å². The zero-order valence-corrected chi connectivity index (χ0v) is 8.37. The molecule has 0 amide bonds. The minimum Gasteiger partial charge on any atom is -0.272 e. The van der Waals surface area contributed by atoms with Crippen LogP contribution in [0.3, 0.4) is 0 Å². The van der Waals surface area contributed by atoms with E-state index in [9.17, 15) is 0 Å². The fraction of sp³-hybridized carbons (Fsp3) is 0.727. The SMILES string of the molecule is Cc1cnn(CC2CCCCC2)c1. The number of nitrogens with zero attached hydrogens (tertiary/aromatic N) is 2. The highest BCUT2D eigenvalue weighted by molar-refractivity contribution is 4.99. The number of aryl methyl sites for hydroxylation is 1. The van der Waals surface area contributed by atoms with E-state index in [4.69, 9.17) is 0 Å². The summed E-state index contributed by atoms with van der Waals surface area (Å²) in [7, 11) is 0. The van der Waals surface area contributed by atoms with Crippen LogP contribution in [0.1, 0.15) is 37.7 Å². The van der Waals surface area contributed by atoms with E-state index in [1.165, 1.54) is 37.7 Å². The highest BCUT2D eigenvalue weighted by Crippen LogP contribution is 2.24. The predicted molar refractivity (Wildman–Crippen MR) is 53.5 cm³/mol. The molecule has 0 bridgehead atoms. The van der Waals surface area contributed by atoms with Gasteiger partial charge in [-0.1, -0.05) is 19.3 Å². The Morgan fingerprint density at radius 3 is 2.77 bits per heavy atom. The molecule has 1 aliphatic carbocycles. The minimum atomic E-state index is 0.882. The van der Waals surface area contributed by atoms with Gasteiger partial charge in [0.2, 0.25) is 0 Å². The van der Waals surface area contributed by atoms with E-state index in [0.717, 1.165) is 12.5 Å². The molecule has 2 nitrogen and oxygen atoms in total. The molecule has 1 heterocycles. The molecule has 0 aromatic carbocycles. The number of aromatic nitrogens is 2. The van der Waals surface area contributed by atoms with Crippen molar-refractivity contribution in [2.24, 2.45) is 5.92 Å². The lowest BCUT2D eigenvalue weighted by Gasteiger charge is -2.21. The number of hydrogen-bond donors (Lipinski definition) is 0. The van der Waals surface area contributed by atoms with E-state index in [1.807, 2.05) is 6.20 Å². The Hall–Kier alpha value is -0.790. The Kier molecular flexibility index (Phi) is 2.67. The summed E-state index contributed by atoms with van der Waals surface area (Å²) in [4.78, 5) is 0. The predicted octanol–water partition coefficient (Wildman–Crippen LogP) is 2.77. The lowest BCUT2D eigenvalue weighted by atomic mass is 9.89. The van der Waals surface area contributed by atoms with E-state index in [1.54, 1.807) is 0 Å². The van der Waals surface area contributed by atoms with Gasteiger partial charge in [-0.3, -0.25) is 4.68 Å². The van der Waals surface area contributed by atoms with Crippen molar-refractivity contribution in [1.29, 1.82) is 0 Å². The molecule has 2 heteroatoms. The van der Waals surface area contributed by atoms with Crippen molar-refractivity contribution in [2.75, 3.05) is 0 Å². The Labute approximate surface area is 80.0 Å². The van der Waals surface area contributed by atoms with Crippen LogP contribution >= 0.6 is 0 Å². The lowest BCUT2D eigenvalue weighted by molar-refractivity contribution is 0.308. The monoisotopic (exact) mass is 178 g/mol. The molecule has 1 saturated carbocycles. The third-order valence-electron chi connectivity index (χ3n) is 2.93. The lowest BCUT2D eigenvalue weighted by Crippen LogP contribution is -2.14. The Balaban J connectivity index is 1.89. The van der Waals surface area contributed by atoms with Gasteiger partial charge in [0.15, 0.2) is 0 Å². The van der Waals surface area contributed by atoms with Crippen LogP contribution in [-0.4, -0.2) is 9.78 Å². The summed E-state index contributed by atoms with van der Waals surface area (Å²) in [5.74, 6) is 0.882. The van der Waals surface area contributed by atoms with Gasteiger partial charge < -0.3 is 0 Å². The van der Waals surface area contributed by atoms with Crippen molar-refractivity contribution < 1.29 is 0 Å². The average molecular weight is 178 g/mol. The summed E-state index contributed by atoms with van der Waals surface area (Å²) < 4.78 is 2.10. The van der Waals surface area contributed by atoms with Crippen molar-refractivity contribution in [1.82, 2.24) is 9.78 Å². The highest BCUT2D eigenvalue weighted by Gasteiger charge is 2.13. The van der Waals surface area contributed by atoms with E-state index < -0.39 is 0 Å². The zero-order valence-electron chi connectivity index (χ0n) is 8.37. The molecule has 13 heavy (non-hydrogen) atoms. The fourth-order valence-electron chi connectivity index (χ4n) is 2.20. The molecule has 0 unspecified atom stereocenters. The first-order chi connectivity index (χ1) is 6.34. The summed E-state index contributed by atoms with van der Waals surface area (Å²) in [6, 6.07) is 0. The first-order valence-electron chi connectivity index (χ1n) is 5.33. The smallest absolute Gasteiger partial charge is 0.0518 e. The zero-order chi connectivity index (χ0) is 9.10. The summed E-state index contributed by atoms with van der Waals surface area (Å²) in [6.07, 6.45) is 11.2. The van der Waals surface area contributed by atoms with Crippen LogP contribution in [0.4, 0.5) is 0 Å². The van der Waals surface area contributed by atoms with Crippen LogP contribution in [0.2, 0.25) is 0 Å². The van der Waals surface area contributed by atoms with Gasteiger partial charge in [0.25, 0.3) is 0 Å². The van der Waals surface area contributed by atoms with E-state index in [2.05, 4.69) is 22.9 Å². The molecule has 0 atom stereocenters. The van der Waals surface area contributed by atoms with Crippen LogP contribution < -0.4 is 0 Å². The summed E-state index contributed by atoms with van der Waals surface area (Å²) in [5, 5.41) is 4.33. The van der Waals surface area contributed by atoms with Gasteiger partial charge in [0.1, 0.15) is 0 Å². The van der Waals surface area contributed by atoms with Gasteiger partial charge in [-0.05, 0) is 31.2 Å². The molecule has 0 radical (unpaired) electrons.